The summed E-state index contributed by atoms with van der Waals surface area (Å²) in [4.78, 5) is 24.1. The summed E-state index contributed by atoms with van der Waals surface area (Å²) in [5.41, 5.74) is 1.86. The third-order valence-corrected chi connectivity index (χ3v) is 4.54. The van der Waals surface area contributed by atoms with Crippen molar-refractivity contribution in [1.29, 1.82) is 0 Å². The van der Waals surface area contributed by atoms with Gasteiger partial charge in [-0.25, -0.2) is 0 Å². The number of hydrogen-bond acceptors (Lipinski definition) is 6. The van der Waals surface area contributed by atoms with Gasteiger partial charge < -0.3 is 10.9 Å². The van der Waals surface area contributed by atoms with Crippen molar-refractivity contribution in [2.45, 2.75) is 25.5 Å². The summed E-state index contributed by atoms with van der Waals surface area (Å²) < 4.78 is 42.2. The minimum atomic E-state index is -4.86. The van der Waals surface area contributed by atoms with Crippen LogP contribution in [0.1, 0.15) is 19.0 Å². The molecular formula is C18H19NaO7S. The molecule has 2 aromatic rings. The molecule has 1 atom stereocenters. The molecule has 2 aromatic carbocycles. The number of carbonyl (C=O) groups is 2. The van der Waals surface area contributed by atoms with Gasteiger partial charge in [-0.05, 0) is 38.1 Å². The summed E-state index contributed by atoms with van der Waals surface area (Å²) in [5.74, 6) is -1.96. The fourth-order valence-corrected chi connectivity index (χ4v) is 2.67. The average Bonchev–Trinajstić information content (AvgIpc) is 2.56. The molecule has 27 heavy (non-hydrogen) atoms. The molecule has 0 radical (unpaired) electrons. The van der Waals surface area contributed by atoms with Crippen LogP contribution in [0.15, 0.2) is 48.5 Å². The van der Waals surface area contributed by atoms with Crippen molar-refractivity contribution < 1.29 is 63.0 Å². The van der Waals surface area contributed by atoms with E-state index in [4.69, 9.17) is 9.47 Å². The first-order valence-corrected chi connectivity index (χ1v) is 9.17. The largest absolute Gasteiger partial charge is 1.00 e. The van der Waals surface area contributed by atoms with Gasteiger partial charge in [0, 0.05) is 0 Å². The monoisotopic (exact) mass is 402 g/mol. The van der Waals surface area contributed by atoms with Crippen LogP contribution < -0.4 is 39.0 Å². The van der Waals surface area contributed by atoms with E-state index < -0.39 is 33.7 Å². The molecule has 0 amide bonds. The maximum absolute atomic E-state index is 12.1. The molecule has 0 fully saturated rings. The zero-order valence-corrected chi connectivity index (χ0v) is 18.0. The van der Waals surface area contributed by atoms with Crippen molar-refractivity contribution in [2.24, 2.45) is 0 Å². The topological polar surface area (TPSA) is 107 Å². The van der Waals surface area contributed by atoms with Crippen LogP contribution in [-0.4, -0.2) is 30.2 Å². The van der Waals surface area contributed by atoms with E-state index >= 15 is 0 Å². The Kier molecular flexibility index (Phi) is 8.64. The van der Waals surface area contributed by atoms with Gasteiger partial charge in [0.05, 0.1) is 6.42 Å². The molecule has 0 aliphatic heterocycles. The molecule has 0 heterocycles. The molecule has 0 bridgehead atoms. The number of carbonyl (C=O) groups excluding carboxylic acids is 2. The van der Waals surface area contributed by atoms with E-state index in [2.05, 4.69) is 0 Å². The van der Waals surface area contributed by atoms with Crippen molar-refractivity contribution in [2.75, 3.05) is 0 Å². The van der Waals surface area contributed by atoms with Gasteiger partial charge in [0.2, 0.25) is 0 Å². The van der Waals surface area contributed by atoms with E-state index in [0.29, 0.717) is 0 Å². The molecule has 0 aliphatic rings. The van der Waals surface area contributed by atoms with E-state index in [9.17, 15) is 22.6 Å². The first-order chi connectivity index (χ1) is 12.1. The number of benzene rings is 2. The third-order valence-electron chi connectivity index (χ3n) is 3.47. The van der Waals surface area contributed by atoms with Crippen molar-refractivity contribution >= 4 is 22.1 Å². The number of hydrogen-bond donors (Lipinski definition) is 1. The van der Waals surface area contributed by atoms with E-state index in [0.717, 1.165) is 11.1 Å². The smallest absolute Gasteiger partial charge is 1.00 e. The van der Waals surface area contributed by atoms with E-state index in [1.165, 1.54) is 24.3 Å². The maximum Gasteiger partial charge on any atom is 1.00 e. The van der Waals surface area contributed by atoms with Gasteiger partial charge in [-0.1, -0.05) is 35.4 Å². The van der Waals surface area contributed by atoms with Crippen molar-refractivity contribution in [1.82, 2.24) is 0 Å². The fourth-order valence-electron chi connectivity index (χ4n) is 2.03. The number of ether oxygens (including phenoxy) is 2. The van der Waals surface area contributed by atoms with Crippen LogP contribution in [0.3, 0.4) is 0 Å². The Morgan fingerprint density at radius 3 is 1.74 bits per heavy atom. The molecule has 0 aliphatic carbocycles. The summed E-state index contributed by atoms with van der Waals surface area (Å²) in [6.45, 7) is 3.68. The van der Waals surface area contributed by atoms with Crippen LogP contribution >= 0.6 is 0 Å². The Labute approximate surface area is 181 Å². The van der Waals surface area contributed by atoms with Gasteiger partial charge in [-0.2, -0.15) is 8.42 Å². The third kappa shape index (κ3) is 7.43. The van der Waals surface area contributed by atoms with E-state index in [-0.39, 0.29) is 42.5 Å². The first kappa shape index (κ1) is 23.3. The van der Waals surface area contributed by atoms with Gasteiger partial charge in [0.25, 0.3) is 10.1 Å². The molecule has 0 aromatic heterocycles. The molecule has 0 spiro atoms. The Morgan fingerprint density at radius 1 is 0.926 bits per heavy atom. The minimum Gasteiger partial charge on any atom is -1.00 e. The van der Waals surface area contributed by atoms with Gasteiger partial charge >= 0.3 is 41.5 Å². The van der Waals surface area contributed by atoms with Crippen LogP contribution in [0.25, 0.3) is 0 Å². The Bertz CT molecular complexity index is 897. The Balaban J connectivity index is 0.00000364. The van der Waals surface area contributed by atoms with Crippen LogP contribution in [0, 0.1) is 13.8 Å². The van der Waals surface area contributed by atoms with Crippen molar-refractivity contribution in [3.05, 3.63) is 59.7 Å². The maximum atomic E-state index is 12.1. The minimum absolute atomic E-state index is 0. The van der Waals surface area contributed by atoms with Gasteiger partial charge in [0.15, 0.2) is 5.25 Å². The van der Waals surface area contributed by atoms with Gasteiger partial charge in [-0.15, -0.1) is 0 Å². The predicted octanol–water partition coefficient (Wildman–Crippen LogP) is -0.423. The molecule has 0 saturated heterocycles. The number of esters is 2. The molecule has 7 nitrogen and oxygen atoms in total. The molecular weight excluding hydrogens is 383 g/mol. The summed E-state index contributed by atoms with van der Waals surface area (Å²) >= 11 is 0. The summed E-state index contributed by atoms with van der Waals surface area (Å²) in [5, 5.41) is -2.08. The number of rotatable bonds is 6. The van der Waals surface area contributed by atoms with E-state index in [1.54, 1.807) is 24.3 Å². The van der Waals surface area contributed by atoms with Crippen molar-refractivity contribution in [3.63, 3.8) is 0 Å². The second kappa shape index (κ2) is 10.0. The molecule has 1 N–H and O–H groups in total. The van der Waals surface area contributed by atoms with Gasteiger partial charge in [0.1, 0.15) is 11.5 Å². The van der Waals surface area contributed by atoms with Gasteiger partial charge in [-0.3, -0.25) is 14.1 Å². The zero-order valence-electron chi connectivity index (χ0n) is 16.2. The molecule has 140 valence electrons. The first-order valence-electron chi connectivity index (χ1n) is 7.67. The zero-order chi connectivity index (χ0) is 19.3. The predicted molar refractivity (Wildman–Crippen MR) is 94.7 cm³/mol. The number of aryl methyl sites for hydroxylation is 2. The standard InChI is InChI=1S/C18H18O7S.Na.H/c1-12-3-7-14(8-4-12)24-17(19)11-16(26(21,22)23)18(20)25-15-9-5-13(2)6-10-15;;/h3-10,16H,11H2,1-2H3,(H,21,22,23);;/q;+1;-1. The quantitative estimate of drug-likeness (QED) is 0.303. The molecule has 9 heteroatoms. The fraction of sp³-hybridized carbons (Fsp3) is 0.222. The summed E-state index contributed by atoms with van der Waals surface area (Å²) in [6, 6.07) is 12.7. The Morgan fingerprint density at radius 2 is 1.33 bits per heavy atom. The summed E-state index contributed by atoms with van der Waals surface area (Å²) in [6.07, 6.45) is -0.878. The van der Waals surface area contributed by atoms with Crippen LogP contribution in [-0.2, 0) is 19.7 Å². The van der Waals surface area contributed by atoms with Crippen LogP contribution in [0.2, 0.25) is 0 Å². The molecule has 1 unspecified atom stereocenters. The Hall–Kier alpha value is -1.71. The second-order valence-corrected chi connectivity index (χ2v) is 7.33. The summed E-state index contributed by atoms with van der Waals surface area (Å²) in [7, 11) is -4.86. The molecule has 2 rings (SSSR count). The van der Waals surface area contributed by atoms with Crippen LogP contribution in [0.4, 0.5) is 0 Å². The van der Waals surface area contributed by atoms with E-state index in [1.807, 2.05) is 13.8 Å². The molecule has 0 saturated carbocycles. The average molecular weight is 402 g/mol. The van der Waals surface area contributed by atoms with Crippen molar-refractivity contribution in [3.8, 4) is 11.5 Å². The second-order valence-electron chi connectivity index (χ2n) is 5.73. The van der Waals surface area contributed by atoms with Crippen LogP contribution in [0.5, 0.6) is 11.5 Å². The normalized spacial score (nSPS) is 11.8. The SMILES string of the molecule is Cc1ccc(OC(=O)CC(C(=O)Oc2ccc(C)cc2)S(=O)(=O)O)cc1.[H-].[Na+].